The number of hydrogen-bond donors (Lipinski definition) is 1. The van der Waals surface area contributed by atoms with E-state index in [0.717, 1.165) is 12.2 Å². The van der Waals surface area contributed by atoms with Crippen LogP contribution in [0.3, 0.4) is 0 Å². The topological polar surface area (TPSA) is 48.3 Å². The van der Waals surface area contributed by atoms with E-state index in [1.54, 1.807) is 14.2 Å². The zero-order valence-corrected chi connectivity index (χ0v) is 9.56. The number of hydrogen-bond acceptors (Lipinski definition) is 4. The molecule has 5 heteroatoms. The standard InChI is InChI=1S/C10H19N3O2/c1-9(8-15-3)12-10-6-11-13(7-10)4-5-14-2/h6-7,9,12H,4-5,8H2,1-3H3. The Morgan fingerprint density at radius 1 is 1.47 bits per heavy atom. The first-order valence-electron chi connectivity index (χ1n) is 5.03. The number of rotatable bonds is 7. The molecule has 1 unspecified atom stereocenters. The van der Waals surface area contributed by atoms with Gasteiger partial charge in [-0.3, -0.25) is 4.68 Å². The van der Waals surface area contributed by atoms with E-state index in [1.807, 2.05) is 17.1 Å². The van der Waals surface area contributed by atoms with Gasteiger partial charge in [-0.25, -0.2) is 0 Å². The first kappa shape index (κ1) is 12.0. The molecule has 0 saturated heterocycles. The fraction of sp³-hybridized carbons (Fsp3) is 0.700. The van der Waals surface area contributed by atoms with E-state index in [4.69, 9.17) is 9.47 Å². The van der Waals surface area contributed by atoms with Crippen molar-refractivity contribution < 1.29 is 9.47 Å². The Bertz CT molecular complexity index is 275. The number of nitrogens with one attached hydrogen (secondary N) is 1. The molecule has 0 aliphatic carbocycles. The summed E-state index contributed by atoms with van der Waals surface area (Å²) in [4.78, 5) is 0. The normalized spacial score (nSPS) is 12.7. The van der Waals surface area contributed by atoms with E-state index in [9.17, 15) is 0 Å². The van der Waals surface area contributed by atoms with Crippen LogP contribution in [0.5, 0.6) is 0 Å². The van der Waals surface area contributed by atoms with Gasteiger partial charge in [0.25, 0.3) is 0 Å². The molecule has 0 fully saturated rings. The molecule has 1 aromatic rings. The first-order valence-corrected chi connectivity index (χ1v) is 5.03. The Balaban J connectivity index is 2.38. The molecular formula is C10H19N3O2. The molecule has 0 saturated carbocycles. The summed E-state index contributed by atoms with van der Waals surface area (Å²) in [5.41, 5.74) is 1.01. The van der Waals surface area contributed by atoms with Crippen LogP contribution in [0.25, 0.3) is 0 Å². The Morgan fingerprint density at radius 2 is 2.27 bits per heavy atom. The quantitative estimate of drug-likeness (QED) is 0.733. The highest BCUT2D eigenvalue weighted by atomic mass is 16.5. The van der Waals surface area contributed by atoms with E-state index < -0.39 is 0 Å². The summed E-state index contributed by atoms with van der Waals surface area (Å²) >= 11 is 0. The first-order chi connectivity index (χ1) is 7.26. The Morgan fingerprint density at radius 3 is 2.93 bits per heavy atom. The zero-order valence-electron chi connectivity index (χ0n) is 9.56. The lowest BCUT2D eigenvalue weighted by atomic mass is 10.3. The van der Waals surface area contributed by atoms with Gasteiger partial charge in [0.15, 0.2) is 0 Å². The third-order valence-corrected chi connectivity index (χ3v) is 1.99. The number of nitrogens with zero attached hydrogens (tertiary/aromatic N) is 2. The van der Waals surface area contributed by atoms with Crippen molar-refractivity contribution in [2.45, 2.75) is 19.5 Å². The Labute approximate surface area is 90.4 Å². The maximum Gasteiger partial charge on any atom is 0.0729 e. The molecule has 1 atom stereocenters. The van der Waals surface area contributed by atoms with Gasteiger partial charge in [0.05, 0.1) is 31.6 Å². The molecule has 1 N–H and O–H groups in total. The van der Waals surface area contributed by atoms with Crippen molar-refractivity contribution in [3.8, 4) is 0 Å². The van der Waals surface area contributed by atoms with Crippen molar-refractivity contribution in [3.05, 3.63) is 12.4 Å². The third kappa shape index (κ3) is 4.31. The largest absolute Gasteiger partial charge is 0.383 e. The maximum atomic E-state index is 5.04. The Hall–Kier alpha value is -1.07. The van der Waals surface area contributed by atoms with E-state index in [1.165, 1.54) is 0 Å². The lowest BCUT2D eigenvalue weighted by Crippen LogP contribution is -2.20. The molecule has 0 bridgehead atoms. The summed E-state index contributed by atoms with van der Waals surface area (Å²) in [6.07, 6.45) is 3.77. The van der Waals surface area contributed by atoms with Crippen LogP contribution in [0.1, 0.15) is 6.92 Å². The van der Waals surface area contributed by atoms with Crippen molar-refractivity contribution in [1.29, 1.82) is 0 Å². The predicted molar refractivity (Wildman–Crippen MR) is 59.1 cm³/mol. The lowest BCUT2D eigenvalue weighted by molar-refractivity contribution is 0.183. The van der Waals surface area contributed by atoms with Crippen LogP contribution in [0.15, 0.2) is 12.4 Å². The van der Waals surface area contributed by atoms with Gasteiger partial charge in [-0.15, -0.1) is 0 Å². The molecular weight excluding hydrogens is 194 g/mol. The lowest BCUT2D eigenvalue weighted by Gasteiger charge is -2.11. The van der Waals surface area contributed by atoms with Crippen molar-refractivity contribution in [3.63, 3.8) is 0 Å². The molecule has 1 heterocycles. The summed E-state index contributed by atoms with van der Waals surface area (Å²) in [6.45, 7) is 4.20. The fourth-order valence-electron chi connectivity index (χ4n) is 1.32. The predicted octanol–water partition coefficient (Wildman–Crippen LogP) is 0.976. The molecule has 0 radical (unpaired) electrons. The van der Waals surface area contributed by atoms with E-state index >= 15 is 0 Å². The van der Waals surface area contributed by atoms with Gasteiger partial charge in [0.1, 0.15) is 0 Å². The minimum absolute atomic E-state index is 0.287. The summed E-state index contributed by atoms with van der Waals surface area (Å²) < 4.78 is 11.9. The van der Waals surface area contributed by atoms with Crippen LogP contribution in [-0.2, 0) is 16.0 Å². The molecule has 15 heavy (non-hydrogen) atoms. The molecule has 86 valence electrons. The molecule has 0 aromatic carbocycles. The highest BCUT2D eigenvalue weighted by molar-refractivity contribution is 5.39. The molecule has 1 aromatic heterocycles. The van der Waals surface area contributed by atoms with Crippen LogP contribution in [-0.4, -0.2) is 43.3 Å². The highest BCUT2D eigenvalue weighted by Gasteiger charge is 2.03. The molecule has 0 aliphatic rings. The minimum atomic E-state index is 0.287. The van der Waals surface area contributed by atoms with Gasteiger partial charge in [-0.2, -0.15) is 5.10 Å². The monoisotopic (exact) mass is 213 g/mol. The molecule has 0 spiro atoms. The summed E-state index contributed by atoms with van der Waals surface area (Å²) in [5.74, 6) is 0. The second-order valence-corrected chi connectivity index (χ2v) is 3.49. The van der Waals surface area contributed by atoms with E-state index in [-0.39, 0.29) is 6.04 Å². The number of ether oxygens (including phenoxy) is 2. The SMILES string of the molecule is COCCn1cc(NC(C)COC)cn1. The van der Waals surface area contributed by atoms with Crippen LogP contribution in [0.4, 0.5) is 5.69 Å². The summed E-state index contributed by atoms with van der Waals surface area (Å²) in [6, 6.07) is 0.287. The van der Waals surface area contributed by atoms with Crippen LogP contribution in [0, 0.1) is 0 Å². The molecule has 1 rings (SSSR count). The number of aromatic nitrogens is 2. The van der Waals surface area contributed by atoms with Crippen LogP contribution in [0.2, 0.25) is 0 Å². The third-order valence-electron chi connectivity index (χ3n) is 1.99. The number of anilines is 1. The smallest absolute Gasteiger partial charge is 0.0729 e. The van der Waals surface area contributed by atoms with Gasteiger partial charge < -0.3 is 14.8 Å². The number of methoxy groups -OCH3 is 2. The van der Waals surface area contributed by atoms with E-state index in [2.05, 4.69) is 17.3 Å². The second-order valence-electron chi connectivity index (χ2n) is 3.49. The molecule has 0 amide bonds. The van der Waals surface area contributed by atoms with Gasteiger partial charge in [-0.05, 0) is 6.92 Å². The van der Waals surface area contributed by atoms with Crippen molar-refractivity contribution in [1.82, 2.24) is 9.78 Å². The van der Waals surface area contributed by atoms with E-state index in [0.29, 0.717) is 13.2 Å². The zero-order chi connectivity index (χ0) is 11.1. The summed E-state index contributed by atoms with van der Waals surface area (Å²) in [5, 5.41) is 7.49. The molecule has 0 aliphatic heterocycles. The molecule has 5 nitrogen and oxygen atoms in total. The van der Waals surface area contributed by atoms with Crippen LogP contribution < -0.4 is 5.32 Å². The van der Waals surface area contributed by atoms with Crippen molar-refractivity contribution in [2.75, 3.05) is 32.8 Å². The van der Waals surface area contributed by atoms with Gasteiger partial charge in [0.2, 0.25) is 0 Å². The summed E-state index contributed by atoms with van der Waals surface area (Å²) in [7, 11) is 3.38. The van der Waals surface area contributed by atoms with Gasteiger partial charge in [-0.1, -0.05) is 0 Å². The maximum absolute atomic E-state index is 5.04. The average molecular weight is 213 g/mol. The fourth-order valence-corrected chi connectivity index (χ4v) is 1.32. The van der Waals surface area contributed by atoms with Crippen molar-refractivity contribution in [2.24, 2.45) is 0 Å². The Kier molecular flexibility index (Phi) is 5.14. The average Bonchev–Trinajstić information content (AvgIpc) is 2.63. The van der Waals surface area contributed by atoms with Gasteiger partial charge >= 0.3 is 0 Å². The van der Waals surface area contributed by atoms with Gasteiger partial charge in [0, 0.05) is 26.5 Å². The van der Waals surface area contributed by atoms with Crippen LogP contribution >= 0.6 is 0 Å². The highest BCUT2D eigenvalue weighted by Crippen LogP contribution is 2.06. The minimum Gasteiger partial charge on any atom is -0.383 e. The van der Waals surface area contributed by atoms with Crippen molar-refractivity contribution >= 4 is 5.69 Å². The second kappa shape index (κ2) is 6.42.